The summed E-state index contributed by atoms with van der Waals surface area (Å²) in [5.74, 6) is -0.955. The van der Waals surface area contributed by atoms with Crippen molar-refractivity contribution >= 4 is 35.6 Å². The summed E-state index contributed by atoms with van der Waals surface area (Å²) in [7, 11) is 0. The van der Waals surface area contributed by atoms with Crippen molar-refractivity contribution in [2.24, 2.45) is 0 Å². The second kappa shape index (κ2) is 8.17. The van der Waals surface area contributed by atoms with Crippen molar-refractivity contribution in [3.8, 4) is 0 Å². The first-order valence-electron chi connectivity index (χ1n) is 4.11. The average Bonchev–Trinajstić information content (AvgIpc) is 2.28. The lowest BCUT2D eigenvalue weighted by molar-refractivity contribution is 0.621. The molecule has 0 N–H and O–H groups in total. The smallest absolute Gasteiger partial charge is 0.160 e. The third kappa shape index (κ3) is 5.77. The Morgan fingerprint density at radius 2 is 1.18 bits per heavy atom. The van der Waals surface area contributed by atoms with Crippen LogP contribution in [0.25, 0.3) is 0 Å². The van der Waals surface area contributed by atoms with E-state index in [0.29, 0.717) is 0 Å². The Hall–Kier alpha value is -0.970. The molecular formula is C10H7Cl3F2N2. The molecule has 0 unspecified atom stereocenters. The lowest BCUT2D eigenvalue weighted by atomic mass is 10.5. The highest BCUT2D eigenvalue weighted by Crippen LogP contribution is 2.10. The number of pyridine rings is 2. The SMILES string of the molecule is Cl.Fc1cnccc1Cl.Fc1cnccc1Cl. The van der Waals surface area contributed by atoms with Crippen LogP contribution in [0, 0.1) is 11.6 Å². The Labute approximate surface area is 113 Å². The predicted octanol–water partition coefficient (Wildman–Crippen LogP) is 4.17. The Kier molecular flexibility index (Phi) is 7.70. The topological polar surface area (TPSA) is 25.8 Å². The van der Waals surface area contributed by atoms with E-state index in [1.807, 2.05) is 0 Å². The minimum absolute atomic E-state index is 0. The van der Waals surface area contributed by atoms with Crippen molar-refractivity contribution in [2.75, 3.05) is 0 Å². The van der Waals surface area contributed by atoms with E-state index in [4.69, 9.17) is 23.2 Å². The first-order chi connectivity index (χ1) is 7.61. The van der Waals surface area contributed by atoms with Crippen molar-refractivity contribution in [2.45, 2.75) is 0 Å². The molecule has 0 saturated heterocycles. The summed E-state index contributed by atoms with van der Waals surface area (Å²) in [5, 5.41) is 0.222. The van der Waals surface area contributed by atoms with Crippen molar-refractivity contribution in [1.29, 1.82) is 0 Å². The van der Waals surface area contributed by atoms with Gasteiger partial charge in [0.05, 0.1) is 22.4 Å². The standard InChI is InChI=1S/2C5H3ClFN.ClH/c2*6-4-1-2-8-3-5(4)7;/h2*1-3H;1H. The third-order valence-electron chi connectivity index (χ3n) is 1.45. The van der Waals surface area contributed by atoms with Gasteiger partial charge in [-0.05, 0) is 12.1 Å². The summed E-state index contributed by atoms with van der Waals surface area (Å²) in [6, 6.07) is 2.80. The molecule has 2 nitrogen and oxygen atoms in total. The summed E-state index contributed by atoms with van der Waals surface area (Å²) in [6.45, 7) is 0. The van der Waals surface area contributed by atoms with Gasteiger partial charge in [0.1, 0.15) is 0 Å². The molecule has 0 radical (unpaired) electrons. The fourth-order valence-electron chi connectivity index (χ4n) is 0.716. The Morgan fingerprint density at radius 1 is 0.824 bits per heavy atom. The molecule has 17 heavy (non-hydrogen) atoms. The van der Waals surface area contributed by atoms with Crippen LogP contribution in [0.3, 0.4) is 0 Å². The maximum Gasteiger partial charge on any atom is 0.160 e. The van der Waals surface area contributed by atoms with Crippen molar-refractivity contribution in [3.63, 3.8) is 0 Å². The lowest BCUT2D eigenvalue weighted by Crippen LogP contribution is -1.75. The highest BCUT2D eigenvalue weighted by atomic mass is 35.5. The maximum absolute atomic E-state index is 12.1. The number of halogens is 5. The number of hydrogen-bond donors (Lipinski definition) is 0. The number of nitrogens with zero attached hydrogens (tertiary/aromatic N) is 2. The Bertz CT molecular complexity index is 383. The van der Waals surface area contributed by atoms with Gasteiger partial charge in [-0.2, -0.15) is 0 Å². The van der Waals surface area contributed by atoms with Crippen LogP contribution in [0.4, 0.5) is 8.78 Å². The number of hydrogen-bond acceptors (Lipinski definition) is 2. The van der Waals surface area contributed by atoms with E-state index in [-0.39, 0.29) is 22.5 Å². The molecule has 0 aliphatic carbocycles. The number of rotatable bonds is 0. The van der Waals surface area contributed by atoms with Crippen LogP contribution >= 0.6 is 35.6 Å². The summed E-state index contributed by atoms with van der Waals surface area (Å²) in [4.78, 5) is 6.97. The van der Waals surface area contributed by atoms with Crippen molar-refractivity contribution in [3.05, 3.63) is 58.6 Å². The molecule has 0 amide bonds. The first kappa shape index (κ1) is 16.0. The van der Waals surface area contributed by atoms with Crippen LogP contribution in [0.2, 0.25) is 10.0 Å². The molecular weight excluding hydrogens is 292 g/mol. The fourth-order valence-corrected chi connectivity index (χ4v) is 0.927. The van der Waals surface area contributed by atoms with Crippen LogP contribution in [-0.4, -0.2) is 9.97 Å². The molecule has 0 aromatic carbocycles. The lowest BCUT2D eigenvalue weighted by Gasteiger charge is -1.86. The van der Waals surface area contributed by atoms with Crippen LogP contribution in [0.5, 0.6) is 0 Å². The number of aromatic nitrogens is 2. The van der Waals surface area contributed by atoms with E-state index in [0.717, 1.165) is 12.4 Å². The van der Waals surface area contributed by atoms with E-state index >= 15 is 0 Å². The van der Waals surface area contributed by atoms with Gasteiger partial charge < -0.3 is 0 Å². The molecule has 0 bridgehead atoms. The predicted molar refractivity (Wildman–Crippen MR) is 65.7 cm³/mol. The molecule has 0 aliphatic rings. The van der Waals surface area contributed by atoms with Crippen molar-refractivity contribution < 1.29 is 8.78 Å². The van der Waals surface area contributed by atoms with E-state index < -0.39 is 11.6 Å². The van der Waals surface area contributed by atoms with E-state index in [1.165, 1.54) is 24.5 Å². The molecule has 0 spiro atoms. The van der Waals surface area contributed by atoms with Gasteiger partial charge in [0.25, 0.3) is 0 Å². The van der Waals surface area contributed by atoms with Crippen LogP contribution in [-0.2, 0) is 0 Å². The highest BCUT2D eigenvalue weighted by Gasteiger charge is 1.93. The minimum atomic E-state index is -0.478. The summed E-state index contributed by atoms with van der Waals surface area (Å²) in [5.41, 5.74) is 0. The molecule has 0 aliphatic heterocycles. The molecule has 7 heteroatoms. The highest BCUT2D eigenvalue weighted by molar-refractivity contribution is 6.30. The van der Waals surface area contributed by atoms with Gasteiger partial charge in [0.15, 0.2) is 11.6 Å². The zero-order valence-electron chi connectivity index (χ0n) is 8.28. The molecule has 2 heterocycles. The molecule has 0 saturated carbocycles. The van der Waals surface area contributed by atoms with E-state index in [2.05, 4.69) is 9.97 Å². The quantitative estimate of drug-likeness (QED) is 0.729. The summed E-state index contributed by atoms with van der Waals surface area (Å²) < 4.78 is 24.2. The zero-order chi connectivity index (χ0) is 12.0. The normalized spacial score (nSPS) is 8.71. The second-order valence-corrected chi connectivity index (χ2v) is 3.39. The molecule has 0 atom stereocenters. The summed E-state index contributed by atoms with van der Waals surface area (Å²) in [6.07, 6.45) is 5.02. The van der Waals surface area contributed by atoms with Crippen LogP contribution in [0.15, 0.2) is 36.9 Å². The van der Waals surface area contributed by atoms with Gasteiger partial charge in [-0.25, -0.2) is 8.78 Å². The van der Waals surface area contributed by atoms with E-state index in [1.54, 1.807) is 0 Å². The van der Waals surface area contributed by atoms with Crippen molar-refractivity contribution in [1.82, 2.24) is 9.97 Å². The Morgan fingerprint density at radius 3 is 1.35 bits per heavy atom. The molecule has 2 aromatic rings. The second-order valence-electron chi connectivity index (χ2n) is 2.58. The van der Waals surface area contributed by atoms with E-state index in [9.17, 15) is 8.78 Å². The summed E-state index contributed by atoms with van der Waals surface area (Å²) >= 11 is 10.6. The molecule has 92 valence electrons. The molecule has 2 rings (SSSR count). The average molecular weight is 300 g/mol. The maximum atomic E-state index is 12.1. The van der Waals surface area contributed by atoms with Gasteiger partial charge in [-0.3, -0.25) is 9.97 Å². The van der Waals surface area contributed by atoms with Gasteiger partial charge >= 0.3 is 0 Å². The zero-order valence-corrected chi connectivity index (χ0v) is 10.6. The van der Waals surface area contributed by atoms with Gasteiger partial charge in [-0.15, -0.1) is 12.4 Å². The molecule has 0 fully saturated rings. The first-order valence-corrected chi connectivity index (χ1v) is 4.87. The van der Waals surface area contributed by atoms with Crippen LogP contribution < -0.4 is 0 Å². The largest absolute Gasteiger partial charge is 0.262 e. The minimum Gasteiger partial charge on any atom is -0.262 e. The third-order valence-corrected chi connectivity index (χ3v) is 2.06. The van der Waals surface area contributed by atoms with Gasteiger partial charge in [0.2, 0.25) is 0 Å². The van der Waals surface area contributed by atoms with Gasteiger partial charge in [-0.1, -0.05) is 23.2 Å². The van der Waals surface area contributed by atoms with Gasteiger partial charge in [0, 0.05) is 12.4 Å². The monoisotopic (exact) mass is 298 g/mol. The fraction of sp³-hybridized carbons (Fsp3) is 0. The molecule has 2 aromatic heterocycles. The van der Waals surface area contributed by atoms with Crippen LogP contribution in [0.1, 0.15) is 0 Å². The Balaban J connectivity index is 0.000000284.